The van der Waals surface area contributed by atoms with Gasteiger partial charge in [-0.2, -0.15) is 0 Å². The van der Waals surface area contributed by atoms with E-state index in [0.29, 0.717) is 25.1 Å². The predicted octanol–water partition coefficient (Wildman–Crippen LogP) is 5.53. The zero-order valence-electron chi connectivity index (χ0n) is 17.1. The van der Waals surface area contributed by atoms with Crippen molar-refractivity contribution in [2.24, 2.45) is 0 Å². The van der Waals surface area contributed by atoms with Gasteiger partial charge in [0, 0.05) is 18.5 Å². The Hall–Kier alpha value is -2.28. The van der Waals surface area contributed by atoms with Gasteiger partial charge < -0.3 is 10.0 Å². The van der Waals surface area contributed by atoms with E-state index in [1.165, 1.54) is 38.5 Å². The molecule has 28 heavy (non-hydrogen) atoms. The van der Waals surface area contributed by atoms with Gasteiger partial charge in [0.15, 0.2) is 0 Å². The second kappa shape index (κ2) is 15.7. The van der Waals surface area contributed by atoms with Gasteiger partial charge in [0.05, 0.1) is 6.54 Å². The maximum atomic E-state index is 12.5. The molecule has 1 rings (SSSR count). The van der Waals surface area contributed by atoms with Crippen molar-refractivity contribution < 1.29 is 14.7 Å². The van der Waals surface area contributed by atoms with Crippen LogP contribution in [0.5, 0.6) is 0 Å². The van der Waals surface area contributed by atoms with E-state index in [-0.39, 0.29) is 5.91 Å². The van der Waals surface area contributed by atoms with Crippen LogP contribution in [0.1, 0.15) is 87.4 Å². The van der Waals surface area contributed by atoms with Crippen molar-refractivity contribution >= 4 is 11.9 Å². The lowest BCUT2D eigenvalue weighted by Crippen LogP contribution is -2.32. The number of carbonyl (C=O) groups excluding carboxylic acids is 1. The second-order valence-electron chi connectivity index (χ2n) is 7.33. The van der Waals surface area contributed by atoms with Crippen molar-refractivity contribution in [3.8, 4) is 12.3 Å². The molecule has 0 radical (unpaired) electrons. The first-order chi connectivity index (χ1) is 13.6. The van der Waals surface area contributed by atoms with E-state index in [2.05, 4.69) is 5.92 Å². The second-order valence-corrected chi connectivity index (χ2v) is 7.33. The number of amides is 1. The van der Waals surface area contributed by atoms with Gasteiger partial charge in [-0.3, -0.25) is 9.59 Å². The van der Waals surface area contributed by atoms with E-state index in [0.717, 1.165) is 32.1 Å². The summed E-state index contributed by atoms with van der Waals surface area (Å²) in [7, 11) is 0. The van der Waals surface area contributed by atoms with E-state index < -0.39 is 5.97 Å². The van der Waals surface area contributed by atoms with Crippen molar-refractivity contribution in [3.05, 3.63) is 35.9 Å². The van der Waals surface area contributed by atoms with Crippen molar-refractivity contribution in [2.75, 3.05) is 13.1 Å². The molecule has 1 aromatic rings. The number of hydrogen-bond acceptors (Lipinski definition) is 2. The van der Waals surface area contributed by atoms with Crippen LogP contribution < -0.4 is 0 Å². The first-order valence-corrected chi connectivity index (χ1v) is 10.6. The summed E-state index contributed by atoms with van der Waals surface area (Å²) in [6.07, 6.45) is 18.2. The quantitative estimate of drug-likeness (QED) is 0.301. The molecule has 1 aromatic carbocycles. The Morgan fingerprint density at radius 3 is 1.82 bits per heavy atom. The van der Waals surface area contributed by atoms with Crippen LogP contribution in [-0.2, 0) is 4.79 Å². The average Bonchev–Trinajstić information content (AvgIpc) is 2.70. The Bertz CT molecular complexity index is 592. The number of rotatable bonds is 16. The standard InChI is InChI=1S/C24H35NO3/c1-2-20-25(24(28)22-17-13-12-14-18-22)21-16-11-9-7-5-3-4-6-8-10-15-19-23(26)27/h1,12-14,17-18H,3-11,15-16,19-21H2,(H,26,27). The van der Waals surface area contributed by atoms with Crippen LogP contribution in [0.25, 0.3) is 0 Å². The molecule has 1 amide bonds. The number of carboxylic acid groups (broad SMARTS) is 1. The molecule has 0 aliphatic heterocycles. The largest absolute Gasteiger partial charge is 0.481 e. The minimum absolute atomic E-state index is 0.0157. The highest BCUT2D eigenvalue weighted by Crippen LogP contribution is 2.13. The predicted molar refractivity (Wildman–Crippen MR) is 114 cm³/mol. The smallest absolute Gasteiger partial charge is 0.303 e. The first-order valence-electron chi connectivity index (χ1n) is 10.6. The number of unbranched alkanes of at least 4 members (excludes halogenated alkanes) is 10. The fourth-order valence-corrected chi connectivity index (χ4v) is 3.30. The summed E-state index contributed by atoms with van der Waals surface area (Å²) in [4.78, 5) is 24.7. The summed E-state index contributed by atoms with van der Waals surface area (Å²) in [5.74, 6) is 1.92. The Morgan fingerprint density at radius 1 is 0.821 bits per heavy atom. The van der Waals surface area contributed by atoms with Crippen LogP contribution in [-0.4, -0.2) is 35.0 Å². The van der Waals surface area contributed by atoms with Gasteiger partial charge in [0.25, 0.3) is 5.91 Å². The summed E-state index contributed by atoms with van der Waals surface area (Å²) < 4.78 is 0. The van der Waals surface area contributed by atoms with Crippen LogP contribution >= 0.6 is 0 Å². The highest BCUT2D eigenvalue weighted by molar-refractivity contribution is 5.94. The van der Waals surface area contributed by atoms with E-state index in [1.807, 2.05) is 30.3 Å². The van der Waals surface area contributed by atoms with Gasteiger partial charge in [-0.1, -0.05) is 81.9 Å². The van der Waals surface area contributed by atoms with E-state index in [4.69, 9.17) is 11.5 Å². The zero-order valence-corrected chi connectivity index (χ0v) is 17.1. The molecule has 0 saturated heterocycles. The number of hydrogen-bond donors (Lipinski definition) is 1. The molecule has 0 aliphatic rings. The third-order valence-corrected chi connectivity index (χ3v) is 4.91. The average molecular weight is 386 g/mol. The molecule has 0 saturated carbocycles. The molecule has 1 N–H and O–H groups in total. The molecular weight excluding hydrogens is 350 g/mol. The molecule has 0 bridgehead atoms. The third kappa shape index (κ3) is 11.4. The molecule has 4 nitrogen and oxygen atoms in total. The summed E-state index contributed by atoms with van der Waals surface area (Å²) in [5, 5.41) is 8.58. The molecule has 0 spiro atoms. The SMILES string of the molecule is C#CCN(CCCCCCCCCCCCCC(=O)O)C(=O)c1ccccc1. The number of nitrogens with zero attached hydrogens (tertiary/aromatic N) is 1. The minimum atomic E-state index is -0.688. The highest BCUT2D eigenvalue weighted by atomic mass is 16.4. The monoisotopic (exact) mass is 385 g/mol. The van der Waals surface area contributed by atoms with E-state index >= 15 is 0 Å². The lowest BCUT2D eigenvalue weighted by molar-refractivity contribution is -0.137. The topological polar surface area (TPSA) is 57.6 Å². The Labute approximate surface area is 170 Å². The molecule has 0 aromatic heterocycles. The molecule has 0 heterocycles. The van der Waals surface area contributed by atoms with Crippen molar-refractivity contribution in [2.45, 2.75) is 77.0 Å². The zero-order chi connectivity index (χ0) is 20.5. The molecule has 0 atom stereocenters. The summed E-state index contributed by atoms with van der Waals surface area (Å²) in [6.45, 7) is 1.08. The van der Waals surface area contributed by atoms with Crippen LogP contribution in [0.3, 0.4) is 0 Å². The van der Waals surface area contributed by atoms with E-state index in [1.54, 1.807) is 4.90 Å². The van der Waals surface area contributed by atoms with Crippen molar-refractivity contribution in [1.29, 1.82) is 0 Å². The maximum absolute atomic E-state index is 12.5. The Balaban J connectivity index is 2.02. The molecule has 0 unspecified atom stereocenters. The Kier molecular flexibility index (Phi) is 13.4. The van der Waals surface area contributed by atoms with Gasteiger partial charge in [0.2, 0.25) is 0 Å². The summed E-state index contributed by atoms with van der Waals surface area (Å²) in [6, 6.07) is 9.31. The Morgan fingerprint density at radius 2 is 1.32 bits per heavy atom. The van der Waals surface area contributed by atoms with E-state index in [9.17, 15) is 9.59 Å². The minimum Gasteiger partial charge on any atom is -0.481 e. The number of terminal acetylenes is 1. The first kappa shape index (κ1) is 23.8. The molecule has 4 heteroatoms. The third-order valence-electron chi connectivity index (χ3n) is 4.91. The molecule has 154 valence electrons. The van der Waals surface area contributed by atoms with Crippen molar-refractivity contribution in [1.82, 2.24) is 4.90 Å². The maximum Gasteiger partial charge on any atom is 0.303 e. The summed E-state index contributed by atoms with van der Waals surface area (Å²) >= 11 is 0. The van der Waals surface area contributed by atoms with Gasteiger partial charge in [-0.25, -0.2) is 0 Å². The lowest BCUT2D eigenvalue weighted by atomic mass is 10.0. The number of carbonyl (C=O) groups is 2. The fraction of sp³-hybridized carbons (Fsp3) is 0.583. The summed E-state index contributed by atoms with van der Waals surface area (Å²) in [5.41, 5.74) is 0.695. The van der Waals surface area contributed by atoms with Crippen LogP contribution in [0, 0.1) is 12.3 Å². The number of aliphatic carboxylic acids is 1. The fourth-order valence-electron chi connectivity index (χ4n) is 3.30. The molecular formula is C24H35NO3. The van der Waals surface area contributed by atoms with Gasteiger partial charge >= 0.3 is 5.97 Å². The van der Waals surface area contributed by atoms with Crippen molar-refractivity contribution in [3.63, 3.8) is 0 Å². The van der Waals surface area contributed by atoms with Crippen LogP contribution in [0.2, 0.25) is 0 Å². The molecule has 0 aliphatic carbocycles. The molecule has 0 fully saturated rings. The van der Waals surface area contributed by atoms with Crippen LogP contribution in [0.15, 0.2) is 30.3 Å². The van der Waals surface area contributed by atoms with Gasteiger partial charge in [-0.15, -0.1) is 6.42 Å². The normalized spacial score (nSPS) is 10.4. The van der Waals surface area contributed by atoms with Gasteiger partial charge in [-0.05, 0) is 25.0 Å². The van der Waals surface area contributed by atoms with Crippen LogP contribution in [0.4, 0.5) is 0 Å². The highest BCUT2D eigenvalue weighted by Gasteiger charge is 2.13. The number of benzene rings is 1. The lowest BCUT2D eigenvalue weighted by Gasteiger charge is -2.20. The number of carboxylic acids is 1. The van der Waals surface area contributed by atoms with Gasteiger partial charge in [0.1, 0.15) is 0 Å².